The van der Waals surface area contributed by atoms with Crippen molar-refractivity contribution in [1.82, 2.24) is 0 Å². The van der Waals surface area contributed by atoms with Gasteiger partial charge in [0.2, 0.25) is 22.7 Å². The lowest BCUT2D eigenvalue weighted by Crippen LogP contribution is -2.39. The second kappa shape index (κ2) is 8.39. The summed E-state index contributed by atoms with van der Waals surface area (Å²) in [6, 6.07) is 10.9. The van der Waals surface area contributed by atoms with Crippen LogP contribution in [0.4, 0.5) is 11.4 Å². The van der Waals surface area contributed by atoms with Crippen molar-refractivity contribution >= 4 is 33.3 Å². The molecule has 1 N–H and O–H groups in total. The molecule has 29 heavy (non-hydrogen) atoms. The van der Waals surface area contributed by atoms with E-state index in [2.05, 4.69) is 5.32 Å². The molecule has 0 radical (unpaired) electrons. The number of para-hydroxylation sites is 1. The maximum atomic E-state index is 12.6. The molecular formula is C19H20N2O7S. The molecule has 0 spiro atoms. The quantitative estimate of drug-likeness (QED) is 0.682. The Morgan fingerprint density at radius 3 is 2.59 bits per heavy atom. The molecule has 0 saturated carbocycles. The Bertz CT molecular complexity index is 1040. The highest BCUT2D eigenvalue weighted by atomic mass is 32.2. The fraction of sp³-hybridized carbons (Fsp3) is 0.263. The summed E-state index contributed by atoms with van der Waals surface area (Å²) in [4.78, 5) is 24.5. The van der Waals surface area contributed by atoms with Gasteiger partial charge in [0, 0.05) is 6.07 Å². The Morgan fingerprint density at radius 1 is 1.14 bits per heavy atom. The van der Waals surface area contributed by atoms with E-state index in [1.807, 2.05) is 0 Å². The number of esters is 1. The van der Waals surface area contributed by atoms with Gasteiger partial charge in [0.15, 0.2) is 11.5 Å². The largest absolute Gasteiger partial charge is 0.465 e. The molecule has 1 amide bonds. The van der Waals surface area contributed by atoms with Gasteiger partial charge in [-0.15, -0.1) is 0 Å². The topological polar surface area (TPSA) is 111 Å². The van der Waals surface area contributed by atoms with Crippen LogP contribution in [0.3, 0.4) is 0 Å². The third-order valence-corrected chi connectivity index (χ3v) is 5.98. The Morgan fingerprint density at radius 2 is 1.86 bits per heavy atom. The van der Waals surface area contributed by atoms with Crippen molar-refractivity contribution in [2.24, 2.45) is 0 Å². The fourth-order valence-electron chi connectivity index (χ4n) is 2.75. The Hall–Kier alpha value is -3.27. The second-order valence-corrected chi connectivity index (χ2v) is 8.21. The van der Waals surface area contributed by atoms with Crippen molar-refractivity contribution in [1.29, 1.82) is 0 Å². The summed E-state index contributed by atoms with van der Waals surface area (Å²) in [5.41, 5.74) is 0.660. The number of nitrogens with one attached hydrogen (secondary N) is 1. The lowest BCUT2D eigenvalue weighted by Gasteiger charge is -2.23. The van der Waals surface area contributed by atoms with E-state index in [4.69, 9.17) is 14.2 Å². The predicted octanol–water partition coefficient (Wildman–Crippen LogP) is 2.00. The molecule has 1 aliphatic rings. The molecule has 0 atom stereocenters. The summed E-state index contributed by atoms with van der Waals surface area (Å²) >= 11 is 0. The Labute approximate surface area is 168 Å². The van der Waals surface area contributed by atoms with Gasteiger partial charge in [0.05, 0.1) is 29.8 Å². The van der Waals surface area contributed by atoms with E-state index in [0.29, 0.717) is 11.5 Å². The minimum atomic E-state index is -3.76. The number of rotatable bonds is 7. The SMILES string of the molecule is CCS(=O)(=O)N(CC(=O)Nc1ccccc1C(=O)OC)c1ccc2c(c1)OCO2. The van der Waals surface area contributed by atoms with E-state index in [1.165, 1.54) is 38.3 Å². The first-order chi connectivity index (χ1) is 13.9. The highest BCUT2D eigenvalue weighted by molar-refractivity contribution is 7.92. The molecule has 9 nitrogen and oxygen atoms in total. The number of benzene rings is 2. The zero-order chi connectivity index (χ0) is 21.0. The summed E-state index contributed by atoms with van der Waals surface area (Å²) in [6.07, 6.45) is 0. The highest BCUT2D eigenvalue weighted by Gasteiger charge is 2.26. The lowest BCUT2D eigenvalue weighted by atomic mass is 10.2. The van der Waals surface area contributed by atoms with Crippen LogP contribution in [-0.2, 0) is 19.6 Å². The molecule has 1 aliphatic heterocycles. The Balaban J connectivity index is 1.86. The molecule has 154 valence electrons. The van der Waals surface area contributed by atoms with E-state index in [-0.39, 0.29) is 29.5 Å². The van der Waals surface area contributed by atoms with Gasteiger partial charge in [-0.25, -0.2) is 13.2 Å². The Kier molecular flexibility index (Phi) is 5.92. The number of hydrogen-bond donors (Lipinski definition) is 1. The molecule has 0 bridgehead atoms. The summed E-state index contributed by atoms with van der Waals surface area (Å²) < 4.78 is 41.4. The van der Waals surface area contributed by atoms with Gasteiger partial charge in [-0.2, -0.15) is 0 Å². The van der Waals surface area contributed by atoms with Crippen molar-refractivity contribution in [3.05, 3.63) is 48.0 Å². The molecule has 2 aromatic carbocycles. The molecular weight excluding hydrogens is 400 g/mol. The minimum Gasteiger partial charge on any atom is -0.465 e. The van der Waals surface area contributed by atoms with Crippen molar-refractivity contribution in [3.63, 3.8) is 0 Å². The smallest absolute Gasteiger partial charge is 0.339 e. The van der Waals surface area contributed by atoms with Gasteiger partial charge in [0.25, 0.3) is 0 Å². The molecule has 1 heterocycles. The number of sulfonamides is 1. The number of hydrogen-bond acceptors (Lipinski definition) is 7. The van der Waals surface area contributed by atoms with E-state index in [1.54, 1.807) is 18.2 Å². The summed E-state index contributed by atoms with van der Waals surface area (Å²) in [5.74, 6) is -0.534. The number of ether oxygens (including phenoxy) is 3. The molecule has 0 unspecified atom stereocenters. The summed E-state index contributed by atoms with van der Waals surface area (Å²) in [7, 11) is -2.53. The molecule has 0 aliphatic carbocycles. The number of anilines is 2. The number of carbonyl (C=O) groups is 2. The molecule has 0 fully saturated rings. The van der Waals surface area contributed by atoms with Gasteiger partial charge in [-0.1, -0.05) is 12.1 Å². The van der Waals surface area contributed by atoms with Crippen molar-refractivity contribution in [3.8, 4) is 11.5 Å². The normalized spacial score (nSPS) is 12.3. The van der Waals surface area contributed by atoms with Crippen molar-refractivity contribution in [2.45, 2.75) is 6.92 Å². The van der Waals surface area contributed by atoms with Gasteiger partial charge in [-0.05, 0) is 31.2 Å². The van der Waals surface area contributed by atoms with Crippen LogP contribution >= 0.6 is 0 Å². The van der Waals surface area contributed by atoms with Crippen LogP contribution < -0.4 is 19.1 Å². The van der Waals surface area contributed by atoms with Crippen molar-refractivity contribution in [2.75, 3.05) is 35.8 Å². The van der Waals surface area contributed by atoms with Gasteiger partial charge < -0.3 is 19.5 Å². The number of nitrogens with zero attached hydrogens (tertiary/aromatic N) is 1. The number of fused-ring (bicyclic) bond motifs is 1. The maximum absolute atomic E-state index is 12.6. The van der Waals surface area contributed by atoms with Crippen LogP contribution in [0.1, 0.15) is 17.3 Å². The summed E-state index contributed by atoms with van der Waals surface area (Å²) in [6.45, 7) is 1.05. The number of carbonyl (C=O) groups excluding carboxylic acids is 2. The van der Waals surface area contributed by atoms with Crippen LogP contribution in [0.15, 0.2) is 42.5 Å². The average molecular weight is 420 g/mol. The molecule has 10 heteroatoms. The van der Waals surface area contributed by atoms with E-state index in [0.717, 1.165) is 4.31 Å². The van der Waals surface area contributed by atoms with Crippen LogP contribution in [-0.4, -0.2) is 46.5 Å². The zero-order valence-electron chi connectivity index (χ0n) is 15.9. The molecule has 0 aromatic heterocycles. The van der Waals surface area contributed by atoms with Crippen LogP contribution in [0, 0.1) is 0 Å². The van der Waals surface area contributed by atoms with Gasteiger partial charge in [0.1, 0.15) is 6.54 Å². The molecule has 3 rings (SSSR count). The third-order valence-electron chi connectivity index (χ3n) is 4.24. The van der Waals surface area contributed by atoms with Crippen LogP contribution in [0.25, 0.3) is 0 Å². The molecule has 2 aromatic rings. The first kappa shape index (κ1) is 20.5. The molecule has 0 saturated heterocycles. The van der Waals surface area contributed by atoms with Gasteiger partial charge >= 0.3 is 5.97 Å². The standard InChI is InChI=1S/C19H20N2O7S/c1-3-29(24,25)21(13-8-9-16-17(10-13)28-12-27-16)11-18(22)20-15-7-5-4-6-14(15)19(23)26-2/h4-10H,3,11-12H2,1-2H3,(H,20,22). The maximum Gasteiger partial charge on any atom is 0.339 e. The lowest BCUT2D eigenvalue weighted by molar-refractivity contribution is -0.114. The first-order valence-corrected chi connectivity index (χ1v) is 10.3. The van der Waals surface area contributed by atoms with Crippen LogP contribution in [0.5, 0.6) is 11.5 Å². The van der Waals surface area contributed by atoms with Gasteiger partial charge in [-0.3, -0.25) is 9.10 Å². The monoisotopic (exact) mass is 420 g/mol. The second-order valence-electron chi connectivity index (χ2n) is 6.03. The highest BCUT2D eigenvalue weighted by Crippen LogP contribution is 2.36. The van der Waals surface area contributed by atoms with E-state index >= 15 is 0 Å². The fourth-order valence-corrected chi connectivity index (χ4v) is 3.81. The zero-order valence-corrected chi connectivity index (χ0v) is 16.7. The average Bonchev–Trinajstić information content (AvgIpc) is 3.19. The predicted molar refractivity (Wildman–Crippen MR) is 106 cm³/mol. The minimum absolute atomic E-state index is 0.0457. The summed E-state index contributed by atoms with van der Waals surface area (Å²) in [5, 5.41) is 2.57. The van der Waals surface area contributed by atoms with E-state index in [9.17, 15) is 18.0 Å². The first-order valence-electron chi connectivity index (χ1n) is 8.73. The third kappa shape index (κ3) is 4.43. The number of amides is 1. The van der Waals surface area contributed by atoms with Crippen LogP contribution in [0.2, 0.25) is 0 Å². The number of methoxy groups -OCH3 is 1. The van der Waals surface area contributed by atoms with Crippen molar-refractivity contribution < 1.29 is 32.2 Å². The van der Waals surface area contributed by atoms with E-state index < -0.39 is 28.4 Å².